The van der Waals surface area contributed by atoms with Gasteiger partial charge in [0.15, 0.2) is 0 Å². The summed E-state index contributed by atoms with van der Waals surface area (Å²) in [6.07, 6.45) is 6.02. The molecule has 1 saturated carbocycles. The Hall–Kier alpha value is -1.28. The molecule has 1 heterocycles. The molecule has 1 fully saturated rings. The molecule has 0 saturated heterocycles. The van der Waals surface area contributed by atoms with E-state index >= 15 is 0 Å². The van der Waals surface area contributed by atoms with Gasteiger partial charge in [-0.2, -0.15) is 0 Å². The summed E-state index contributed by atoms with van der Waals surface area (Å²) < 4.78 is 5.56. The van der Waals surface area contributed by atoms with Gasteiger partial charge >= 0.3 is 0 Å². The SMILES string of the molecule is OC(C1=CCCCO1)c1ccccc1C1CC1. The molecule has 0 aromatic heterocycles. The van der Waals surface area contributed by atoms with Crippen molar-refractivity contribution in [1.82, 2.24) is 0 Å². The molecular weight excluding hydrogens is 212 g/mol. The maximum Gasteiger partial charge on any atom is 0.136 e. The van der Waals surface area contributed by atoms with Crippen molar-refractivity contribution >= 4 is 0 Å². The van der Waals surface area contributed by atoms with Crippen molar-refractivity contribution in [3.8, 4) is 0 Å². The first-order chi connectivity index (χ1) is 8.36. The number of ether oxygens (including phenoxy) is 1. The maximum atomic E-state index is 10.4. The van der Waals surface area contributed by atoms with Crippen molar-refractivity contribution < 1.29 is 9.84 Å². The average molecular weight is 230 g/mol. The average Bonchev–Trinajstić information content (AvgIpc) is 3.23. The van der Waals surface area contributed by atoms with E-state index < -0.39 is 6.10 Å². The zero-order chi connectivity index (χ0) is 11.7. The summed E-state index contributed by atoms with van der Waals surface area (Å²) >= 11 is 0. The second-order valence-electron chi connectivity index (χ2n) is 4.90. The van der Waals surface area contributed by atoms with Crippen molar-refractivity contribution in [2.24, 2.45) is 0 Å². The summed E-state index contributed by atoms with van der Waals surface area (Å²) in [4.78, 5) is 0. The van der Waals surface area contributed by atoms with E-state index in [0.717, 1.165) is 30.8 Å². The van der Waals surface area contributed by atoms with Gasteiger partial charge in [-0.25, -0.2) is 0 Å². The molecule has 1 unspecified atom stereocenters. The van der Waals surface area contributed by atoms with Gasteiger partial charge in [0.25, 0.3) is 0 Å². The number of allylic oxidation sites excluding steroid dienone is 1. The third-order valence-corrected chi connectivity index (χ3v) is 3.54. The summed E-state index contributed by atoms with van der Waals surface area (Å²) in [5, 5.41) is 10.4. The van der Waals surface area contributed by atoms with E-state index in [1.165, 1.54) is 18.4 Å². The standard InChI is InChI=1S/C15H18O2/c16-15(14-7-3-4-10-17-14)13-6-2-1-5-12(13)11-8-9-11/h1-2,5-7,11,15-16H,3-4,8-10H2. The fourth-order valence-corrected chi connectivity index (χ4v) is 2.45. The van der Waals surface area contributed by atoms with Gasteiger partial charge in [0.1, 0.15) is 11.9 Å². The molecule has 1 aliphatic carbocycles. The summed E-state index contributed by atoms with van der Waals surface area (Å²) in [5.74, 6) is 1.40. The fraction of sp³-hybridized carbons (Fsp3) is 0.467. The van der Waals surface area contributed by atoms with Gasteiger partial charge in [-0.05, 0) is 48.8 Å². The number of rotatable bonds is 3. The van der Waals surface area contributed by atoms with Crippen LogP contribution in [0.2, 0.25) is 0 Å². The van der Waals surface area contributed by atoms with Crippen molar-refractivity contribution in [1.29, 1.82) is 0 Å². The van der Waals surface area contributed by atoms with Crippen molar-refractivity contribution in [3.63, 3.8) is 0 Å². The van der Waals surface area contributed by atoms with Crippen LogP contribution in [0.15, 0.2) is 36.1 Å². The normalized spacial score (nSPS) is 21.6. The molecule has 2 nitrogen and oxygen atoms in total. The molecule has 17 heavy (non-hydrogen) atoms. The molecule has 1 aromatic carbocycles. The topological polar surface area (TPSA) is 29.5 Å². The van der Waals surface area contributed by atoms with Crippen LogP contribution < -0.4 is 0 Å². The first-order valence-corrected chi connectivity index (χ1v) is 6.46. The third-order valence-electron chi connectivity index (χ3n) is 3.54. The molecule has 1 aromatic rings. The zero-order valence-electron chi connectivity index (χ0n) is 9.93. The van der Waals surface area contributed by atoms with E-state index in [9.17, 15) is 5.11 Å². The minimum atomic E-state index is -0.577. The second kappa shape index (κ2) is 4.53. The van der Waals surface area contributed by atoms with Gasteiger partial charge in [0.2, 0.25) is 0 Å². The van der Waals surface area contributed by atoms with Gasteiger partial charge in [-0.15, -0.1) is 0 Å². The number of hydrogen-bond donors (Lipinski definition) is 1. The second-order valence-corrected chi connectivity index (χ2v) is 4.90. The quantitative estimate of drug-likeness (QED) is 0.863. The third kappa shape index (κ3) is 2.22. The van der Waals surface area contributed by atoms with Crippen LogP contribution in [0, 0.1) is 0 Å². The van der Waals surface area contributed by atoms with Gasteiger partial charge in [0, 0.05) is 0 Å². The summed E-state index contributed by atoms with van der Waals surface area (Å²) in [6, 6.07) is 8.21. The molecule has 1 aliphatic heterocycles. The molecule has 1 N–H and O–H groups in total. The summed E-state index contributed by atoms with van der Waals surface area (Å²) in [7, 11) is 0. The smallest absolute Gasteiger partial charge is 0.136 e. The van der Waals surface area contributed by atoms with E-state index in [2.05, 4.69) is 12.1 Å². The summed E-state index contributed by atoms with van der Waals surface area (Å²) in [6.45, 7) is 0.731. The minimum absolute atomic E-state index is 0.577. The zero-order valence-corrected chi connectivity index (χ0v) is 9.93. The molecule has 3 rings (SSSR count). The monoisotopic (exact) mass is 230 g/mol. The van der Waals surface area contributed by atoms with Crippen LogP contribution in [0.4, 0.5) is 0 Å². The predicted octanol–water partition coefficient (Wildman–Crippen LogP) is 3.29. The number of hydrogen-bond acceptors (Lipinski definition) is 2. The largest absolute Gasteiger partial charge is 0.495 e. The molecule has 0 bridgehead atoms. The lowest BCUT2D eigenvalue weighted by Gasteiger charge is -2.22. The van der Waals surface area contributed by atoms with Crippen LogP contribution in [-0.2, 0) is 4.74 Å². The first-order valence-electron chi connectivity index (χ1n) is 6.46. The Labute approximate surface area is 102 Å². The Kier molecular flexibility index (Phi) is 2.89. The highest BCUT2D eigenvalue weighted by molar-refractivity contribution is 5.37. The van der Waals surface area contributed by atoms with E-state index in [4.69, 9.17) is 4.74 Å². The van der Waals surface area contributed by atoms with Gasteiger partial charge in [0.05, 0.1) is 6.61 Å². The Morgan fingerprint density at radius 2 is 2.06 bits per heavy atom. The Morgan fingerprint density at radius 3 is 2.76 bits per heavy atom. The lowest BCUT2D eigenvalue weighted by Crippen LogP contribution is -2.11. The number of aliphatic hydroxyl groups excluding tert-OH is 1. The van der Waals surface area contributed by atoms with Crippen LogP contribution in [0.25, 0.3) is 0 Å². The lowest BCUT2D eigenvalue weighted by molar-refractivity contribution is 0.0913. The van der Waals surface area contributed by atoms with Crippen LogP contribution >= 0.6 is 0 Å². The summed E-state index contributed by atoms with van der Waals surface area (Å²) in [5.41, 5.74) is 2.33. The highest BCUT2D eigenvalue weighted by Crippen LogP contribution is 2.44. The predicted molar refractivity (Wildman–Crippen MR) is 66.6 cm³/mol. The van der Waals surface area contributed by atoms with Gasteiger partial charge in [-0.1, -0.05) is 24.3 Å². The highest BCUT2D eigenvalue weighted by atomic mass is 16.5. The van der Waals surface area contributed by atoms with E-state index in [-0.39, 0.29) is 0 Å². The molecule has 0 radical (unpaired) electrons. The molecule has 1 atom stereocenters. The van der Waals surface area contributed by atoms with Gasteiger partial charge < -0.3 is 9.84 Å². The Balaban J connectivity index is 1.89. The molecule has 90 valence electrons. The van der Waals surface area contributed by atoms with Crippen molar-refractivity contribution in [2.75, 3.05) is 6.61 Å². The highest BCUT2D eigenvalue weighted by Gasteiger charge is 2.29. The van der Waals surface area contributed by atoms with Crippen LogP contribution in [0.3, 0.4) is 0 Å². The minimum Gasteiger partial charge on any atom is -0.495 e. The van der Waals surface area contributed by atoms with Crippen LogP contribution in [-0.4, -0.2) is 11.7 Å². The maximum absolute atomic E-state index is 10.4. The molecule has 0 spiro atoms. The van der Waals surface area contributed by atoms with E-state index in [1.807, 2.05) is 18.2 Å². The molecule has 2 heteroatoms. The number of benzene rings is 1. The lowest BCUT2D eigenvalue weighted by atomic mass is 9.97. The fourth-order valence-electron chi connectivity index (χ4n) is 2.45. The van der Waals surface area contributed by atoms with Crippen LogP contribution in [0.5, 0.6) is 0 Å². The van der Waals surface area contributed by atoms with E-state index in [1.54, 1.807) is 0 Å². The Bertz CT molecular complexity index is 432. The van der Waals surface area contributed by atoms with Crippen LogP contribution in [0.1, 0.15) is 48.8 Å². The van der Waals surface area contributed by atoms with Crippen molar-refractivity contribution in [3.05, 3.63) is 47.2 Å². The molecule has 0 amide bonds. The molecular formula is C15H18O2. The Morgan fingerprint density at radius 1 is 1.24 bits per heavy atom. The first kappa shape index (κ1) is 10.8. The van der Waals surface area contributed by atoms with Crippen molar-refractivity contribution in [2.45, 2.75) is 37.7 Å². The van der Waals surface area contributed by atoms with Gasteiger partial charge in [-0.3, -0.25) is 0 Å². The number of aliphatic hydroxyl groups is 1. The van der Waals surface area contributed by atoms with E-state index in [0.29, 0.717) is 5.92 Å². The molecule has 2 aliphatic rings.